The maximum atomic E-state index is 8.91. The lowest BCUT2D eigenvalue weighted by Gasteiger charge is -2.12. The smallest absolute Gasteiger partial charge is 0.180 e. The summed E-state index contributed by atoms with van der Waals surface area (Å²) in [5, 5.41) is 9.35. The van der Waals surface area contributed by atoms with Crippen LogP contribution in [0.4, 0.5) is 0 Å². The van der Waals surface area contributed by atoms with Gasteiger partial charge in [0.05, 0.1) is 29.9 Å². The summed E-state index contributed by atoms with van der Waals surface area (Å²) in [5.74, 6) is 1.17. The van der Waals surface area contributed by atoms with Crippen LogP contribution in [0.15, 0.2) is 6.07 Å². The van der Waals surface area contributed by atoms with Gasteiger partial charge in [0.15, 0.2) is 11.5 Å². The van der Waals surface area contributed by atoms with E-state index in [0.717, 1.165) is 12.0 Å². The Morgan fingerprint density at radius 3 is 2.67 bits per heavy atom. The zero-order chi connectivity index (χ0) is 10.8. The molecule has 15 heavy (non-hydrogen) atoms. The maximum Gasteiger partial charge on any atom is 0.180 e. The Morgan fingerprint density at radius 2 is 2.00 bits per heavy atom. The van der Waals surface area contributed by atoms with Crippen molar-refractivity contribution in [2.45, 2.75) is 13.3 Å². The molecule has 0 aliphatic carbocycles. The van der Waals surface area contributed by atoms with Gasteiger partial charge in [-0.2, -0.15) is 5.26 Å². The number of rotatable bonds is 0. The van der Waals surface area contributed by atoms with E-state index in [9.17, 15) is 0 Å². The van der Waals surface area contributed by atoms with Crippen LogP contribution in [0.25, 0.3) is 0 Å². The quantitative estimate of drug-likeness (QED) is 0.679. The number of hydrogen-bond acceptors (Lipinski definition) is 3. The van der Waals surface area contributed by atoms with Gasteiger partial charge in [0.2, 0.25) is 0 Å². The minimum atomic E-state index is 0.439. The first kappa shape index (κ1) is 10.1. The Labute approximate surface area is 93.2 Å². The molecule has 1 aliphatic heterocycles. The molecule has 0 saturated carbocycles. The van der Waals surface area contributed by atoms with Crippen LogP contribution in [-0.2, 0) is 0 Å². The van der Waals surface area contributed by atoms with Gasteiger partial charge in [-0.15, -0.1) is 0 Å². The second kappa shape index (κ2) is 4.00. The van der Waals surface area contributed by atoms with Gasteiger partial charge < -0.3 is 9.47 Å². The Bertz CT molecular complexity index is 437. The maximum absolute atomic E-state index is 8.91. The van der Waals surface area contributed by atoms with Crippen molar-refractivity contribution < 1.29 is 9.47 Å². The fourth-order valence-corrected chi connectivity index (χ4v) is 1.78. The number of ether oxygens (including phenoxy) is 2. The largest absolute Gasteiger partial charge is 0.489 e. The van der Waals surface area contributed by atoms with Crippen molar-refractivity contribution in [3.63, 3.8) is 0 Å². The molecule has 1 aromatic rings. The molecular weight excluding hydrogens is 214 g/mol. The van der Waals surface area contributed by atoms with Gasteiger partial charge in [-0.25, -0.2) is 0 Å². The lowest BCUT2D eigenvalue weighted by atomic mass is 10.1. The number of nitriles is 1. The SMILES string of the molecule is Cc1c(C#N)cc(Cl)c2c1OCCCO2. The van der Waals surface area contributed by atoms with Crippen LogP contribution in [0.5, 0.6) is 11.5 Å². The standard InChI is InChI=1S/C11H10ClNO2/c1-7-8(6-13)5-9(12)11-10(7)14-3-2-4-15-11/h5H,2-4H2,1H3. The molecule has 1 heterocycles. The molecule has 0 N–H and O–H groups in total. The molecule has 78 valence electrons. The van der Waals surface area contributed by atoms with Crippen LogP contribution in [0.3, 0.4) is 0 Å². The summed E-state index contributed by atoms with van der Waals surface area (Å²) in [7, 11) is 0. The molecule has 0 saturated heterocycles. The van der Waals surface area contributed by atoms with Crippen molar-refractivity contribution >= 4 is 11.6 Å². The average molecular weight is 224 g/mol. The second-order valence-electron chi connectivity index (χ2n) is 3.35. The van der Waals surface area contributed by atoms with E-state index in [-0.39, 0.29) is 0 Å². The molecule has 1 aromatic carbocycles. The Kier molecular flexibility index (Phi) is 2.70. The van der Waals surface area contributed by atoms with Crippen LogP contribution in [0, 0.1) is 18.3 Å². The summed E-state index contributed by atoms with van der Waals surface area (Å²) >= 11 is 6.01. The number of fused-ring (bicyclic) bond motifs is 1. The van der Waals surface area contributed by atoms with Gasteiger partial charge >= 0.3 is 0 Å². The van der Waals surface area contributed by atoms with E-state index in [0.29, 0.717) is 35.3 Å². The number of benzene rings is 1. The third-order valence-electron chi connectivity index (χ3n) is 2.34. The molecule has 0 spiro atoms. The zero-order valence-corrected chi connectivity index (χ0v) is 9.10. The van der Waals surface area contributed by atoms with Gasteiger partial charge in [-0.3, -0.25) is 0 Å². The highest BCUT2D eigenvalue weighted by Gasteiger charge is 2.19. The first-order chi connectivity index (χ1) is 7.24. The van der Waals surface area contributed by atoms with Gasteiger partial charge in [0.25, 0.3) is 0 Å². The number of hydrogen-bond donors (Lipinski definition) is 0. The van der Waals surface area contributed by atoms with Crippen LogP contribution in [0.1, 0.15) is 17.5 Å². The van der Waals surface area contributed by atoms with Gasteiger partial charge in [-0.1, -0.05) is 11.6 Å². The van der Waals surface area contributed by atoms with Gasteiger partial charge in [0, 0.05) is 12.0 Å². The van der Waals surface area contributed by atoms with E-state index in [2.05, 4.69) is 6.07 Å². The first-order valence-corrected chi connectivity index (χ1v) is 5.10. The number of halogens is 1. The minimum Gasteiger partial charge on any atom is -0.489 e. The molecular formula is C11H10ClNO2. The summed E-state index contributed by atoms with van der Waals surface area (Å²) in [4.78, 5) is 0. The molecule has 1 aliphatic rings. The Balaban J connectivity index is 2.61. The molecule has 2 rings (SSSR count). The molecule has 4 heteroatoms. The topological polar surface area (TPSA) is 42.2 Å². The summed E-state index contributed by atoms with van der Waals surface area (Å²) in [6, 6.07) is 3.70. The summed E-state index contributed by atoms with van der Waals surface area (Å²) in [5.41, 5.74) is 1.32. The van der Waals surface area contributed by atoms with E-state index >= 15 is 0 Å². The monoisotopic (exact) mass is 223 g/mol. The van der Waals surface area contributed by atoms with Crippen molar-refractivity contribution in [2.24, 2.45) is 0 Å². The second-order valence-corrected chi connectivity index (χ2v) is 3.76. The van der Waals surface area contributed by atoms with E-state index in [1.807, 2.05) is 6.92 Å². The van der Waals surface area contributed by atoms with Crippen molar-refractivity contribution in [1.29, 1.82) is 5.26 Å². The summed E-state index contributed by atoms with van der Waals surface area (Å²) in [6.45, 7) is 3.03. The molecule has 0 bridgehead atoms. The molecule has 0 aromatic heterocycles. The van der Waals surface area contributed by atoms with E-state index in [4.69, 9.17) is 26.3 Å². The normalized spacial score (nSPS) is 14.2. The fourth-order valence-electron chi connectivity index (χ4n) is 1.53. The highest BCUT2D eigenvalue weighted by molar-refractivity contribution is 6.32. The summed E-state index contributed by atoms with van der Waals surface area (Å²) in [6.07, 6.45) is 0.826. The molecule has 0 unspecified atom stereocenters. The van der Waals surface area contributed by atoms with Crippen molar-refractivity contribution in [3.05, 3.63) is 22.2 Å². The Hall–Kier alpha value is -1.40. The molecule has 0 amide bonds. The van der Waals surface area contributed by atoms with Gasteiger partial charge in [0.1, 0.15) is 0 Å². The fraction of sp³-hybridized carbons (Fsp3) is 0.364. The Morgan fingerprint density at radius 1 is 1.33 bits per heavy atom. The van der Waals surface area contributed by atoms with Gasteiger partial charge in [-0.05, 0) is 13.0 Å². The predicted octanol–water partition coefficient (Wildman–Crippen LogP) is 2.68. The van der Waals surface area contributed by atoms with Crippen LogP contribution in [-0.4, -0.2) is 13.2 Å². The molecule has 0 atom stereocenters. The highest BCUT2D eigenvalue weighted by atomic mass is 35.5. The molecule has 3 nitrogen and oxygen atoms in total. The van der Waals surface area contributed by atoms with Crippen LogP contribution >= 0.6 is 11.6 Å². The zero-order valence-electron chi connectivity index (χ0n) is 8.34. The molecule has 0 radical (unpaired) electrons. The van der Waals surface area contributed by atoms with E-state index in [1.54, 1.807) is 6.07 Å². The van der Waals surface area contributed by atoms with Crippen molar-refractivity contribution in [2.75, 3.05) is 13.2 Å². The highest BCUT2D eigenvalue weighted by Crippen LogP contribution is 2.40. The third kappa shape index (κ3) is 1.73. The van der Waals surface area contributed by atoms with Crippen LogP contribution in [0.2, 0.25) is 5.02 Å². The lowest BCUT2D eigenvalue weighted by Crippen LogP contribution is -1.98. The summed E-state index contributed by atoms with van der Waals surface area (Å²) < 4.78 is 11.0. The third-order valence-corrected chi connectivity index (χ3v) is 2.62. The van der Waals surface area contributed by atoms with E-state index in [1.165, 1.54) is 0 Å². The molecule has 0 fully saturated rings. The lowest BCUT2D eigenvalue weighted by molar-refractivity contribution is 0.296. The first-order valence-electron chi connectivity index (χ1n) is 4.73. The average Bonchev–Trinajstić information content (AvgIpc) is 2.49. The van der Waals surface area contributed by atoms with Crippen LogP contribution < -0.4 is 9.47 Å². The van der Waals surface area contributed by atoms with Crippen molar-refractivity contribution in [1.82, 2.24) is 0 Å². The number of nitrogens with zero attached hydrogens (tertiary/aromatic N) is 1. The predicted molar refractivity (Wildman–Crippen MR) is 56.5 cm³/mol. The minimum absolute atomic E-state index is 0.439. The van der Waals surface area contributed by atoms with E-state index < -0.39 is 0 Å². The van der Waals surface area contributed by atoms with Crippen molar-refractivity contribution in [3.8, 4) is 17.6 Å².